The van der Waals surface area contributed by atoms with E-state index in [1.807, 2.05) is 6.08 Å². The van der Waals surface area contributed by atoms with E-state index in [0.717, 1.165) is 50.9 Å². The SMILES string of the molecule is C=CCc1cc(CN2CCC(CN3CCOCC3)CC2)ccc1OC(C)C. The van der Waals surface area contributed by atoms with Crippen LogP contribution >= 0.6 is 0 Å². The molecule has 2 saturated heterocycles. The number of hydrogen-bond acceptors (Lipinski definition) is 4. The van der Waals surface area contributed by atoms with Crippen molar-refractivity contribution in [2.45, 2.75) is 45.8 Å². The van der Waals surface area contributed by atoms with Gasteiger partial charge in [-0.2, -0.15) is 0 Å². The largest absolute Gasteiger partial charge is 0.491 e. The molecule has 0 saturated carbocycles. The van der Waals surface area contributed by atoms with Gasteiger partial charge in [-0.1, -0.05) is 18.2 Å². The first-order valence-electron chi connectivity index (χ1n) is 10.6. The van der Waals surface area contributed by atoms with E-state index < -0.39 is 0 Å². The molecular weight excluding hydrogens is 336 g/mol. The zero-order valence-corrected chi connectivity index (χ0v) is 17.2. The molecule has 2 aliphatic heterocycles. The van der Waals surface area contributed by atoms with E-state index in [1.54, 1.807) is 0 Å². The summed E-state index contributed by atoms with van der Waals surface area (Å²) in [4.78, 5) is 5.19. The highest BCUT2D eigenvalue weighted by atomic mass is 16.5. The normalized spacial score (nSPS) is 20.1. The minimum absolute atomic E-state index is 0.199. The minimum Gasteiger partial charge on any atom is -0.491 e. The van der Waals surface area contributed by atoms with Crippen molar-refractivity contribution in [1.82, 2.24) is 9.80 Å². The predicted molar refractivity (Wildman–Crippen MR) is 111 cm³/mol. The second kappa shape index (κ2) is 10.3. The molecular formula is C23H36N2O2. The third-order valence-electron chi connectivity index (χ3n) is 5.59. The Bertz CT molecular complexity index is 588. The number of rotatable bonds is 8. The molecule has 3 rings (SSSR count). The van der Waals surface area contributed by atoms with Gasteiger partial charge in [0.2, 0.25) is 0 Å². The molecule has 0 radical (unpaired) electrons. The van der Waals surface area contributed by atoms with Crippen LogP contribution in [0, 0.1) is 5.92 Å². The summed E-state index contributed by atoms with van der Waals surface area (Å²) in [6.07, 6.45) is 5.64. The molecule has 2 heterocycles. The molecule has 0 atom stereocenters. The Morgan fingerprint density at radius 3 is 2.56 bits per heavy atom. The standard InChI is InChI=1S/C23H36N2O2/c1-4-5-22-16-21(6-7-23(22)27-19(2)3)18-24-10-8-20(9-11-24)17-25-12-14-26-15-13-25/h4,6-7,16,19-20H,1,5,8-15,17-18H2,2-3H3. The Hall–Kier alpha value is -1.36. The van der Waals surface area contributed by atoms with Crippen molar-refractivity contribution in [3.63, 3.8) is 0 Å². The molecule has 0 unspecified atom stereocenters. The third-order valence-corrected chi connectivity index (χ3v) is 5.59. The molecule has 0 bridgehead atoms. The van der Waals surface area contributed by atoms with E-state index in [9.17, 15) is 0 Å². The summed E-state index contributed by atoms with van der Waals surface area (Å²) in [5, 5.41) is 0. The summed E-state index contributed by atoms with van der Waals surface area (Å²) in [5.74, 6) is 1.84. The van der Waals surface area contributed by atoms with Crippen LogP contribution < -0.4 is 4.74 Å². The zero-order chi connectivity index (χ0) is 19.1. The van der Waals surface area contributed by atoms with Crippen molar-refractivity contribution in [2.75, 3.05) is 45.9 Å². The molecule has 0 aliphatic carbocycles. The first kappa shape index (κ1) is 20.4. The Balaban J connectivity index is 1.50. The molecule has 0 N–H and O–H groups in total. The monoisotopic (exact) mass is 372 g/mol. The highest BCUT2D eigenvalue weighted by Crippen LogP contribution is 2.25. The number of nitrogens with zero attached hydrogens (tertiary/aromatic N) is 2. The van der Waals surface area contributed by atoms with Crippen LogP contribution in [0.3, 0.4) is 0 Å². The van der Waals surface area contributed by atoms with Crippen molar-refractivity contribution in [2.24, 2.45) is 5.92 Å². The molecule has 2 aliphatic rings. The average Bonchev–Trinajstić information content (AvgIpc) is 2.66. The van der Waals surface area contributed by atoms with Crippen LogP contribution in [0.4, 0.5) is 0 Å². The summed E-state index contributed by atoms with van der Waals surface area (Å²) in [5.41, 5.74) is 2.63. The lowest BCUT2D eigenvalue weighted by Gasteiger charge is -2.36. The highest BCUT2D eigenvalue weighted by Gasteiger charge is 2.22. The minimum atomic E-state index is 0.199. The van der Waals surface area contributed by atoms with Gasteiger partial charge in [-0.05, 0) is 69.3 Å². The fourth-order valence-electron chi connectivity index (χ4n) is 4.15. The van der Waals surface area contributed by atoms with E-state index in [-0.39, 0.29) is 6.10 Å². The lowest BCUT2D eigenvalue weighted by Crippen LogP contribution is -2.42. The van der Waals surface area contributed by atoms with Crippen LogP contribution in [0.5, 0.6) is 5.75 Å². The van der Waals surface area contributed by atoms with Crippen molar-refractivity contribution in [1.29, 1.82) is 0 Å². The van der Waals surface area contributed by atoms with Gasteiger partial charge in [-0.15, -0.1) is 6.58 Å². The Morgan fingerprint density at radius 1 is 1.15 bits per heavy atom. The smallest absolute Gasteiger partial charge is 0.123 e. The molecule has 0 amide bonds. The Kier molecular flexibility index (Phi) is 7.74. The van der Waals surface area contributed by atoms with Crippen molar-refractivity contribution in [3.8, 4) is 5.75 Å². The van der Waals surface area contributed by atoms with Gasteiger partial charge >= 0.3 is 0 Å². The van der Waals surface area contributed by atoms with Gasteiger partial charge in [0.15, 0.2) is 0 Å². The molecule has 1 aromatic rings. The summed E-state index contributed by atoms with van der Waals surface area (Å²) >= 11 is 0. The van der Waals surface area contributed by atoms with Gasteiger partial charge in [0.1, 0.15) is 5.75 Å². The van der Waals surface area contributed by atoms with Crippen LogP contribution in [-0.4, -0.2) is 61.8 Å². The summed E-state index contributed by atoms with van der Waals surface area (Å²) in [6.45, 7) is 16.8. The number of likely N-dealkylation sites (tertiary alicyclic amines) is 1. The maximum Gasteiger partial charge on any atom is 0.123 e. The highest BCUT2D eigenvalue weighted by molar-refractivity contribution is 5.38. The molecule has 150 valence electrons. The average molecular weight is 373 g/mol. The summed E-state index contributed by atoms with van der Waals surface area (Å²) < 4.78 is 11.4. The van der Waals surface area contributed by atoms with Crippen LogP contribution in [-0.2, 0) is 17.7 Å². The van der Waals surface area contributed by atoms with Crippen molar-refractivity contribution >= 4 is 0 Å². The molecule has 27 heavy (non-hydrogen) atoms. The maximum atomic E-state index is 5.95. The first-order valence-corrected chi connectivity index (χ1v) is 10.6. The third kappa shape index (κ3) is 6.34. The second-order valence-corrected chi connectivity index (χ2v) is 8.23. The number of benzene rings is 1. The van der Waals surface area contributed by atoms with Gasteiger partial charge in [0, 0.05) is 26.2 Å². The Morgan fingerprint density at radius 2 is 1.89 bits per heavy atom. The number of morpholine rings is 1. The van der Waals surface area contributed by atoms with Gasteiger partial charge in [0.25, 0.3) is 0 Å². The number of piperidine rings is 1. The number of allylic oxidation sites excluding steroid dienone is 1. The molecule has 4 nitrogen and oxygen atoms in total. The predicted octanol–water partition coefficient (Wildman–Crippen LogP) is 3.75. The Labute approximate surface area is 165 Å². The van der Waals surface area contributed by atoms with E-state index in [2.05, 4.69) is 48.4 Å². The lowest BCUT2D eigenvalue weighted by molar-refractivity contribution is 0.0242. The molecule has 0 spiro atoms. The maximum absolute atomic E-state index is 5.95. The van der Waals surface area contributed by atoms with Crippen LogP contribution in [0.25, 0.3) is 0 Å². The second-order valence-electron chi connectivity index (χ2n) is 8.23. The fraction of sp³-hybridized carbons (Fsp3) is 0.652. The van der Waals surface area contributed by atoms with Crippen molar-refractivity contribution < 1.29 is 9.47 Å². The quantitative estimate of drug-likeness (QED) is 0.649. The topological polar surface area (TPSA) is 24.9 Å². The fourth-order valence-corrected chi connectivity index (χ4v) is 4.15. The zero-order valence-electron chi connectivity index (χ0n) is 17.2. The van der Waals surface area contributed by atoms with E-state index in [4.69, 9.17) is 9.47 Å². The van der Waals surface area contributed by atoms with Gasteiger partial charge in [-0.25, -0.2) is 0 Å². The van der Waals surface area contributed by atoms with Crippen LogP contribution in [0.15, 0.2) is 30.9 Å². The van der Waals surface area contributed by atoms with Gasteiger partial charge in [-0.3, -0.25) is 9.80 Å². The molecule has 0 aromatic heterocycles. The van der Waals surface area contributed by atoms with Gasteiger partial charge in [0.05, 0.1) is 19.3 Å². The van der Waals surface area contributed by atoms with Crippen molar-refractivity contribution in [3.05, 3.63) is 42.0 Å². The van der Waals surface area contributed by atoms with Crippen LogP contribution in [0.2, 0.25) is 0 Å². The molecule has 4 heteroatoms. The molecule has 2 fully saturated rings. The molecule has 1 aromatic carbocycles. The van der Waals surface area contributed by atoms with Gasteiger partial charge < -0.3 is 9.47 Å². The lowest BCUT2D eigenvalue weighted by atomic mass is 9.95. The number of hydrogen-bond donors (Lipinski definition) is 0. The van der Waals surface area contributed by atoms with E-state index in [0.29, 0.717) is 0 Å². The van der Waals surface area contributed by atoms with E-state index in [1.165, 1.54) is 43.6 Å². The summed E-state index contributed by atoms with van der Waals surface area (Å²) in [7, 11) is 0. The first-order chi connectivity index (χ1) is 13.1. The number of ether oxygens (including phenoxy) is 2. The summed E-state index contributed by atoms with van der Waals surface area (Å²) in [6, 6.07) is 6.67. The van der Waals surface area contributed by atoms with Crippen LogP contribution in [0.1, 0.15) is 37.8 Å². The van der Waals surface area contributed by atoms with E-state index >= 15 is 0 Å².